The molecule has 0 aromatic heterocycles. The summed E-state index contributed by atoms with van der Waals surface area (Å²) in [5, 5.41) is 20.5. The highest BCUT2D eigenvalue weighted by Gasteiger charge is 2.32. The second-order valence-electron chi connectivity index (χ2n) is 5.22. The molecule has 1 saturated carbocycles. The maximum absolute atomic E-state index is 11.8. The highest BCUT2D eigenvalue weighted by Crippen LogP contribution is 2.28. The summed E-state index contributed by atoms with van der Waals surface area (Å²) in [6.07, 6.45) is 3.69. The third-order valence-electron chi connectivity index (χ3n) is 3.43. The number of carboxylic acid groups (broad SMARTS) is 1. The van der Waals surface area contributed by atoms with Gasteiger partial charge in [0.2, 0.25) is 5.91 Å². The molecule has 0 bridgehead atoms. The maximum Gasteiger partial charge on any atom is 0.328 e. The van der Waals surface area contributed by atoms with Gasteiger partial charge in [0.15, 0.2) is 6.04 Å². The van der Waals surface area contributed by atoms with Crippen LogP contribution in [0.4, 0.5) is 0 Å². The number of carbonyl (C=O) groups is 2. The van der Waals surface area contributed by atoms with Gasteiger partial charge in [0.25, 0.3) is 0 Å². The molecule has 1 fully saturated rings. The van der Waals surface area contributed by atoms with Crippen molar-refractivity contribution in [2.24, 2.45) is 5.73 Å². The van der Waals surface area contributed by atoms with Crippen LogP contribution < -0.4 is 11.1 Å². The molecule has 0 aromatic carbocycles. The number of rotatable bonds is 5. The van der Waals surface area contributed by atoms with Crippen LogP contribution in [0.1, 0.15) is 45.4 Å². The molecule has 6 heteroatoms. The zero-order valence-electron chi connectivity index (χ0n) is 10.7. The van der Waals surface area contributed by atoms with Crippen molar-refractivity contribution in [2.75, 3.05) is 0 Å². The fraction of sp³-hybridized carbons (Fsp3) is 0.833. The Balaban J connectivity index is 2.52. The second kappa shape index (κ2) is 6.15. The molecule has 1 aliphatic rings. The molecule has 1 aliphatic carbocycles. The first kappa shape index (κ1) is 14.9. The number of hydrogen-bond acceptors (Lipinski definition) is 4. The first-order valence-electron chi connectivity index (χ1n) is 6.33. The van der Waals surface area contributed by atoms with Crippen molar-refractivity contribution in [1.29, 1.82) is 0 Å². The summed E-state index contributed by atoms with van der Waals surface area (Å²) in [6, 6.07) is -1.27. The van der Waals surface area contributed by atoms with Crippen molar-refractivity contribution in [3.63, 3.8) is 0 Å². The van der Waals surface area contributed by atoms with E-state index in [9.17, 15) is 14.7 Å². The van der Waals surface area contributed by atoms with E-state index in [1.807, 2.05) is 0 Å². The maximum atomic E-state index is 11.8. The van der Waals surface area contributed by atoms with E-state index in [4.69, 9.17) is 10.8 Å². The van der Waals surface area contributed by atoms with Crippen LogP contribution >= 0.6 is 0 Å². The molecule has 0 spiro atoms. The molecule has 0 radical (unpaired) electrons. The number of aliphatic hydroxyl groups is 1. The van der Waals surface area contributed by atoms with Crippen LogP contribution in [0.2, 0.25) is 0 Å². The van der Waals surface area contributed by atoms with Crippen molar-refractivity contribution >= 4 is 11.9 Å². The highest BCUT2D eigenvalue weighted by atomic mass is 16.4. The fourth-order valence-corrected chi connectivity index (χ4v) is 2.37. The summed E-state index contributed by atoms with van der Waals surface area (Å²) in [5.74, 6) is -1.65. The van der Waals surface area contributed by atoms with Gasteiger partial charge in [0, 0.05) is 12.0 Å². The Morgan fingerprint density at radius 3 is 2.33 bits per heavy atom. The van der Waals surface area contributed by atoms with E-state index >= 15 is 0 Å². The predicted octanol–water partition coefficient (Wildman–Crippen LogP) is -0.0117. The van der Waals surface area contributed by atoms with E-state index in [0.717, 1.165) is 32.1 Å². The van der Waals surface area contributed by atoms with E-state index in [1.54, 1.807) is 0 Å². The van der Waals surface area contributed by atoms with Gasteiger partial charge in [0.05, 0.1) is 6.10 Å². The number of nitrogens with two attached hydrogens (primary N) is 1. The molecule has 104 valence electrons. The van der Waals surface area contributed by atoms with E-state index in [2.05, 4.69) is 5.32 Å². The lowest BCUT2D eigenvalue weighted by atomic mass is 9.80. The summed E-state index contributed by atoms with van der Waals surface area (Å²) >= 11 is 0. The molecule has 2 atom stereocenters. The molecule has 5 N–H and O–H groups in total. The fourth-order valence-electron chi connectivity index (χ4n) is 2.37. The summed E-state index contributed by atoms with van der Waals surface area (Å²) in [4.78, 5) is 22.6. The Hall–Kier alpha value is -1.14. The molecular formula is C12H22N2O4. The van der Waals surface area contributed by atoms with Crippen LogP contribution in [-0.2, 0) is 9.59 Å². The van der Waals surface area contributed by atoms with Gasteiger partial charge >= 0.3 is 5.97 Å². The van der Waals surface area contributed by atoms with Gasteiger partial charge in [-0.3, -0.25) is 4.79 Å². The largest absolute Gasteiger partial charge is 0.480 e. The average Bonchev–Trinajstić information content (AvgIpc) is 2.25. The van der Waals surface area contributed by atoms with E-state index in [-0.39, 0.29) is 6.42 Å². The molecule has 1 amide bonds. The van der Waals surface area contributed by atoms with Crippen molar-refractivity contribution in [3.8, 4) is 0 Å². The molecular weight excluding hydrogens is 236 g/mol. The Bertz CT molecular complexity index is 311. The van der Waals surface area contributed by atoms with E-state index in [1.165, 1.54) is 6.92 Å². The zero-order valence-corrected chi connectivity index (χ0v) is 10.7. The minimum atomic E-state index is -1.27. The quantitative estimate of drug-likeness (QED) is 0.554. The minimum absolute atomic E-state index is 0.115. The van der Waals surface area contributed by atoms with Gasteiger partial charge in [-0.2, -0.15) is 0 Å². The minimum Gasteiger partial charge on any atom is -0.480 e. The lowest BCUT2D eigenvalue weighted by Crippen LogP contribution is -2.52. The zero-order chi connectivity index (χ0) is 13.8. The van der Waals surface area contributed by atoms with Crippen molar-refractivity contribution in [1.82, 2.24) is 5.32 Å². The average molecular weight is 258 g/mol. The van der Waals surface area contributed by atoms with Gasteiger partial charge in [-0.05, 0) is 19.8 Å². The third-order valence-corrected chi connectivity index (χ3v) is 3.43. The van der Waals surface area contributed by atoms with Crippen LogP contribution in [0.25, 0.3) is 0 Å². The summed E-state index contributed by atoms with van der Waals surface area (Å²) in [7, 11) is 0. The molecule has 0 aliphatic heterocycles. The lowest BCUT2D eigenvalue weighted by molar-refractivity contribution is -0.145. The van der Waals surface area contributed by atoms with Gasteiger partial charge in [-0.25, -0.2) is 4.79 Å². The number of carbonyl (C=O) groups excluding carboxylic acids is 1. The van der Waals surface area contributed by atoms with Crippen LogP contribution in [0.5, 0.6) is 0 Å². The number of hydrogen-bond donors (Lipinski definition) is 4. The number of aliphatic carboxylic acids is 1. The number of nitrogens with one attached hydrogen (secondary N) is 1. The van der Waals surface area contributed by atoms with Crippen LogP contribution in [-0.4, -0.2) is 39.8 Å². The van der Waals surface area contributed by atoms with Crippen molar-refractivity contribution in [3.05, 3.63) is 0 Å². The normalized spacial score (nSPS) is 21.9. The van der Waals surface area contributed by atoms with E-state index in [0.29, 0.717) is 0 Å². The molecule has 0 aromatic rings. The van der Waals surface area contributed by atoms with Crippen LogP contribution in [0.3, 0.4) is 0 Å². The number of amides is 1. The molecule has 0 saturated heterocycles. The van der Waals surface area contributed by atoms with Gasteiger partial charge < -0.3 is 21.3 Å². The van der Waals surface area contributed by atoms with Crippen molar-refractivity contribution < 1.29 is 19.8 Å². The molecule has 1 rings (SSSR count). The van der Waals surface area contributed by atoms with E-state index < -0.39 is 29.6 Å². The van der Waals surface area contributed by atoms with Crippen molar-refractivity contribution in [2.45, 2.75) is 63.1 Å². The van der Waals surface area contributed by atoms with Crippen LogP contribution in [0, 0.1) is 0 Å². The van der Waals surface area contributed by atoms with Crippen LogP contribution in [0.15, 0.2) is 0 Å². The third kappa shape index (κ3) is 4.27. The Morgan fingerprint density at radius 2 is 1.89 bits per heavy atom. The molecule has 2 unspecified atom stereocenters. The first-order chi connectivity index (χ1) is 8.34. The Morgan fingerprint density at radius 1 is 1.33 bits per heavy atom. The topological polar surface area (TPSA) is 113 Å². The molecule has 6 nitrogen and oxygen atoms in total. The predicted molar refractivity (Wildman–Crippen MR) is 65.9 cm³/mol. The smallest absolute Gasteiger partial charge is 0.328 e. The van der Waals surface area contributed by atoms with Gasteiger partial charge in [-0.1, -0.05) is 19.3 Å². The standard InChI is InChI=1S/C12H22N2O4/c1-8(15)10(11(17)18)14-9(16)7-12(13)5-3-2-4-6-12/h8,10,15H,2-7,13H2,1H3,(H,14,16)(H,17,18). The molecule has 0 heterocycles. The number of aliphatic hydroxyl groups excluding tert-OH is 1. The summed E-state index contributed by atoms with van der Waals surface area (Å²) < 4.78 is 0. The lowest BCUT2D eigenvalue weighted by Gasteiger charge is -2.33. The first-order valence-corrected chi connectivity index (χ1v) is 6.33. The summed E-state index contributed by atoms with van der Waals surface area (Å²) in [6.45, 7) is 1.33. The number of carboxylic acids is 1. The SMILES string of the molecule is CC(O)C(NC(=O)CC1(N)CCCCC1)C(=O)O. The van der Waals surface area contributed by atoms with Gasteiger partial charge in [0.1, 0.15) is 0 Å². The second-order valence-corrected chi connectivity index (χ2v) is 5.22. The molecule has 18 heavy (non-hydrogen) atoms. The Kier molecular flexibility index (Phi) is 5.10. The Labute approximate surface area is 107 Å². The summed E-state index contributed by atoms with van der Waals surface area (Å²) in [5.41, 5.74) is 5.59. The van der Waals surface area contributed by atoms with Gasteiger partial charge in [-0.15, -0.1) is 0 Å². The monoisotopic (exact) mass is 258 g/mol. The highest BCUT2D eigenvalue weighted by molar-refractivity contribution is 5.84.